The van der Waals surface area contributed by atoms with Crippen LogP contribution in [0.25, 0.3) is 0 Å². The summed E-state index contributed by atoms with van der Waals surface area (Å²) < 4.78 is 12.9. The van der Waals surface area contributed by atoms with Crippen molar-refractivity contribution >= 4 is 0 Å². The summed E-state index contributed by atoms with van der Waals surface area (Å²) in [6.07, 6.45) is 2.13. The minimum Gasteiger partial charge on any atom is -0.307 e. The third-order valence-electron chi connectivity index (χ3n) is 4.62. The summed E-state index contributed by atoms with van der Waals surface area (Å²) in [5.41, 5.74) is 1.42. The van der Waals surface area contributed by atoms with Crippen LogP contribution < -0.4 is 5.32 Å². The van der Waals surface area contributed by atoms with Crippen LogP contribution in [0.3, 0.4) is 0 Å². The Morgan fingerprint density at radius 1 is 1.26 bits per heavy atom. The number of hydrogen-bond donors (Lipinski definition) is 1. The van der Waals surface area contributed by atoms with Crippen LogP contribution in [0.1, 0.15) is 38.3 Å². The molecule has 0 amide bonds. The topological polar surface area (TPSA) is 15.3 Å². The largest absolute Gasteiger partial charge is 0.307 e. The Labute approximate surface area is 116 Å². The van der Waals surface area contributed by atoms with Gasteiger partial charge in [0.2, 0.25) is 0 Å². The standard InChI is InChI=1S/C16H25FN2/c1-3-16(4-2)13-18-15(12-19(16)11-10-17)14-8-6-5-7-9-14/h5-9,15,18H,3-4,10-13H2,1-2H3. The van der Waals surface area contributed by atoms with Gasteiger partial charge < -0.3 is 5.32 Å². The molecule has 1 N–H and O–H groups in total. The number of rotatable bonds is 5. The third-order valence-corrected chi connectivity index (χ3v) is 4.62. The molecule has 1 aliphatic heterocycles. The maximum atomic E-state index is 12.9. The third kappa shape index (κ3) is 2.98. The van der Waals surface area contributed by atoms with E-state index in [-0.39, 0.29) is 12.2 Å². The molecule has 1 aromatic rings. The highest BCUT2D eigenvalue weighted by Gasteiger charge is 2.38. The van der Waals surface area contributed by atoms with Crippen molar-refractivity contribution in [2.24, 2.45) is 0 Å². The fourth-order valence-electron chi connectivity index (χ4n) is 3.19. The molecule has 3 heteroatoms. The normalized spacial score (nSPS) is 23.4. The molecule has 0 radical (unpaired) electrons. The second-order valence-electron chi connectivity index (χ2n) is 5.41. The minimum atomic E-state index is -0.261. The van der Waals surface area contributed by atoms with Crippen LogP contribution in [0.15, 0.2) is 30.3 Å². The number of alkyl halides is 1. The fourth-order valence-corrected chi connectivity index (χ4v) is 3.19. The van der Waals surface area contributed by atoms with E-state index in [1.807, 2.05) is 6.07 Å². The van der Waals surface area contributed by atoms with Gasteiger partial charge in [0.1, 0.15) is 6.67 Å². The lowest BCUT2D eigenvalue weighted by Crippen LogP contribution is -2.61. The first-order chi connectivity index (χ1) is 9.25. The Morgan fingerprint density at radius 3 is 2.53 bits per heavy atom. The summed E-state index contributed by atoms with van der Waals surface area (Å²) in [5.74, 6) is 0. The van der Waals surface area contributed by atoms with Gasteiger partial charge in [0, 0.05) is 31.2 Å². The van der Waals surface area contributed by atoms with E-state index in [9.17, 15) is 4.39 Å². The van der Waals surface area contributed by atoms with Gasteiger partial charge in [-0.25, -0.2) is 4.39 Å². The molecule has 0 aromatic heterocycles. The van der Waals surface area contributed by atoms with Gasteiger partial charge in [-0.3, -0.25) is 4.90 Å². The fraction of sp³-hybridized carbons (Fsp3) is 0.625. The lowest BCUT2D eigenvalue weighted by molar-refractivity contribution is 0.0267. The average Bonchev–Trinajstić information content (AvgIpc) is 2.49. The highest BCUT2D eigenvalue weighted by molar-refractivity contribution is 5.20. The van der Waals surface area contributed by atoms with E-state index in [4.69, 9.17) is 0 Å². The van der Waals surface area contributed by atoms with Crippen LogP contribution in [-0.2, 0) is 0 Å². The molecule has 2 nitrogen and oxygen atoms in total. The quantitative estimate of drug-likeness (QED) is 0.879. The van der Waals surface area contributed by atoms with Gasteiger partial charge in [0.25, 0.3) is 0 Å². The SMILES string of the molecule is CCC1(CC)CNC(c2ccccc2)CN1CCF. The monoisotopic (exact) mass is 264 g/mol. The van der Waals surface area contributed by atoms with E-state index in [0.717, 1.165) is 25.9 Å². The molecule has 0 spiro atoms. The molecule has 19 heavy (non-hydrogen) atoms. The van der Waals surface area contributed by atoms with Crippen molar-refractivity contribution in [1.29, 1.82) is 0 Å². The van der Waals surface area contributed by atoms with Crippen LogP contribution in [-0.4, -0.2) is 36.7 Å². The van der Waals surface area contributed by atoms with Crippen molar-refractivity contribution < 1.29 is 4.39 Å². The number of nitrogens with one attached hydrogen (secondary N) is 1. The average molecular weight is 264 g/mol. The summed E-state index contributed by atoms with van der Waals surface area (Å²) in [6, 6.07) is 10.8. The van der Waals surface area contributed by atoms with Crippen molar-refractivity contribution in [3.63, 3.8) is 0 Å². The van der Waals surface area contributed by atoms with Crippen LogP contribution >= 0.6 is 0 Å². The molecule has 1 unspecified atom stereocenters. The van der Waals surface area contributed by atoms with E-state index < -0.39 is 0 Å². The number of nitrogens with zero attached hydrogens (tertiary/aromatic N) is 1. The van der Waals surface area contributed by atoms with Gasteiger partial charge in [0.05, 0.1) is 0 Å². The minimum absolute atomic E-state index is 0.122. The molecular weight excluding hydrogens is 239 g/mol. The van der Waals surface area contributed by atoms with E-state index in [1.54, 1.807) is 0 Å². The van der Waals surface area contributed by atoms with Gasteiger partial charge >= 0.3 is 0 Å². The first kappa shape index (κ1) is 14.5. The van der Waals surface area contributed by atoms with Crippen LogP contribution in [0, 0.1) is 0 Å². The number of halogens is 1. The first-order valence-electron chi connectivity index (χ1n) is 7.35. The maximum absolute atomic E-state index is 12.9. The van der Waals surface area contributed by atoms with E-state index >= 15 is 0 Å². The summed E-state index contributed by atoms with van der Waals surface area (Å²) in [4.78, 5) is 2.35. The Kier molecular flexibility index (Phi) is 4.94. The van der Waals surface area contributed by atoms with E-state index in [0.29, 0.717) is 12.6 Å². The van der Waals surface area contributed by atoms with Crippen LogP contribution in [0.2, 0.25) is 0 Å². The highest BCUT2D eigenvalue weighted by atomic mass is 19.1. The second-order valence-corrected chi connectivity index (χ2v) is 5.41. The molecule has 2 rings (SSSR count). The number of hydrogen-bond acceptors (Lipinski definition) is 2. The lowest BCUT2D eigenvalue weighted by atomic mass is 9.86. The Bertz CT molecular complexity index is 376. The maximum Gasteiger partial charge on any atom is 0.102 e. The van der Waals surface area contributed by atoms with Crippen molar-refractivity contribution in [1.82, 2.24) is 10.2 Å². The molecule has 1 saturated heterocycles. The summed E-state index contributed by atoms with van der Waals surface area (Å²) in [5, 5.41) is 3.65. The second kappa shape index (κ2) is 6.49. The molecule has 0 aliphatic carbocycles. The lowest BCUT2D eigenvalue weighted by Gasteiger charge is -2.49. The molecule has 1 aliphatic rings. The first-order valence-corrected chi connectivity index (χ1v) is 7.35. The smallest absolute Gasteiger partial charge is 0.102 e. The summed E-state index contributed by atoms with van der Waals surface area (Å²) >= 11 is 0. The van der Waals surface area contributed by atoms with Gasteiger partial charge in [-0.1, -0.05) is 44.2 Å². The van der Waals surface area contributed by atoms with Gasteiger partial charge in [-0.2, -0.15) is 0 Å². The molecule has 106 valence electrons. The zero-order valence-electron chi connectivity index (χ0n) is 12.0. The van der Waals surface area contributed by atoms with Crippen molar-refractivity contribution in [3.05, 3.63) is 35.9 Å². The van der Waals surface area contributed by atoms with Crippen molar-refractivity contribution in [2.75, 3.05) is 26.3 Å². The van der Waals surface area contributed by atoms with Gasteiger partial charge in [0.15, 0.2) is 0 Å². The van der Waals surface area contributed by atoms with Crippen molar-refractivity contribution in [3.8, 4) is 0 Å². The Morgan fingerprint density at radius 2 is 1.95 bits per heavy atom. The molecule has 0 bridgehead atoms. The summed E-state index contributed by atoms with van der Waals surface area (Å²) in [6.45, 7) is 6.55. The van der Waals surface area contributed by atoms with Crippen LogP contribution in [0.4, 0.5) is 4.39 Å². The Balaban J connectivity index is 2.14. The number of benzene rings is 1. The number of piperazine rings is 1. The predicted octanol–water partition coefficient (Wildman–Crippen LogP) is 3.16. The molecule has 1 atom stereocenters. The molecule has 1 heterocycles. The van der Waals surface area contributed by atoms with Crippen LogP contribution in [0.5, 0.6) is 0 Å². The molecule has 0 saturated carbocycles. The highest BCUT2D eigenvalue weighted by Crippen LogP contribution is 2.30. The van der Waals surface area contributed by atoms with E-state index in [2.05, 4.69) is 48.3 Å². The molecule has 1 fully saturated rings. The zero-order valence-corrected chi connectivity index (χ0v) is 12.0. The summed E-state index contributed by atoms with van der Waals surface area (Å²) in [7, 11) is 0. The van der Waals surface area contributed by atoms with Gasteiger partial charge in [-0.15, -0.1) is 0 Å². The van der Waals surface area contributed by atoms with Gasteiger partial charge in [-0.05, 0) is 18.4 Å². The zero-order chi connectivity index (χ0) is 13.7. The molecular formula is C16H25FN2. The Hall–Kier alpha value is -0.930. The molecule has 1 aromatic carbocycles. The van der Waals surface area contributed by atoms with Crippen molar-refractivity contribution in [2.45, 2.75) is 38.3 Å². The van der Waals surface area contributed by atoms with E-state index in [1.165, 1.54) is 5.56 Å². The predicted molar refractivity (Wildman–Crippen MR) is 78.0 cm³/mol.